The van der Waals surface area contributed by atoms with Gasteiger partial charge in [-0.1, -0.05) is 47.0 Å². The molecule has 144 valence electrons. The van der Waals surface area contributed by atoms with Gasteiger partial charge < -0.3 is 18.9 Å². The highest BCUT2D eigenvalue weighted by atomic mass is 16.9. The number of hydrogen-bond acceptors (Lipinski definition) is 5. The van der Waals surface area contributed by atoms with Crippen molar-refractivity contribution in [2.45, 2.75) is 91.6 Å². The Morgan fingerprint density at radius 2 is 1.33 bits per heavy atom. The molecule has 0 N–H and O–H groups in total. The van der Waals surface area contributed by atoms with Crippen LogP contribution in [0.5, 0.6) is 0 Å². The van der Waals surface area contributed by atoms with Crippen LogP contribution in [0.2, 0.25) is 0 Å². The van der Waals surface area contributed by atoms with Gasteiger partial charge in [0.2, 0.25) is 0 Å². The number of carbonyl (C=O) groups is 1. The van der Waals surface area contributed by atoms with Gasteiger partial charge in [-0.15, -0.1) is 0 Å². The molecule has 0 aromatic heterocycles. The van der Waals surface area contributed by atoms with Gasteiger partial charge in [-0.05, 0) is 32.6 Å². The zero-order chi connectivity index (χ0) is 18.3. The summed E-state index contributed by atoms with van der Waals surface area (Å²) in [6, 6.07) is 0. The van der Waals surface area contributed by atoms with Gasteiger partial charge in [-0.3, -0.25) is 4.79 Å². The topological polar surface area (TPSA) is 54.0 Å². The van der Waals surface area contributed by atoms with Crippen LogP contribution in [0.15, 0.2) is 0 Å². The van der Waals surface area contributed by atoms with E-state index in [-0.39, 0.29) is 18.5 Å². The van der Waals surface area contributed by atoms with E-state index in [1.807, 2.05) is 6.92 Å². The van der Waals surface area contributed by atoms with E-state index in [0.29, 0.717) is 26.2 Å². The Balaban J connectivity index is 5.15. The Bertz CT molecular complexity index is 296. The highest BCUT2D eigenvalue weighted by molar-refractivity contribution is 5.76. The molecule has 0 aromatic rings. The van der Waals surface area contributed by atoms with Crippen LogP contribution in [0.1, 0.15) is 79.6 Å². The molecule has 0 amide bonds. The summed E-state index contributed by atoms with van der Waals surface area (Å²) >= 11 is 0. The summed E-state index contributed by atoms with van der Waals surface area (Å²) in [6.07, 6.45) is 6.24. The molecule has 0 bridgehead atoms. The third kappa shape index (κ3) is 9.72. The summed E-state index contributed by atoms with van der Waals surface area (Å²) in [6.45, 7) is 11.5. The SMILES string of the molecule is CCCCOC(CC)C(OCCCC)(OCCCC)OCC(C)=O. The van der Waals surface area contributed by atoms with Crippen molar-refractivity contribution in [1.29, 1.82) is 0 Å². The molecule has 0 radical (unpaired) electrons. The fourth-order valence-corrected chi connectivity index (χ4v) is 2.16. The second-order valence-electron chi connectivity index (χ2n) is 6.12. The monoisotopic (exact) mass is 346 g/mol. The number of carbonyl (C=O) groups excluding carboxylic acids is 1. The first kappa shape index (κ1) is 23.5. The molecule has 1 unspecified atom stereocenters. The van der Waals surface area contributed by atoms with E-state index < -0.39 is 5.97 Å². The van der Waals surface area contributed by atoms with Crippen molar-refractivity contribution in [3.05, 3.63) is 0 Å². The number of rotatable bonds is 17. The summed E-state index contributed by atoms with van der Waals surface area (Å²) < 4.78 is 23.9. The van der Waals surface area contributed by atoms with Crippen LogP contribution in [-0.2, 0) is 23.7 Å². The standard InChI is InChI=1S/C19H38O5/c1-6-10-13-21-18(9-4)19(22-14-11-7-2,23-15-12-8-3)24-16-17(5)20/h18H,6-16H2,1-5H3. The fraction of sp³-hybridized carbons (Fsp3) is 0.947. The summed E-state index contributed by atoms with van der Waals surface area (Å²) in [7, 11) is 0. The van der Waals surface area contributed by atoms with Crippen LogP contribution in [0.4, 0.5) is 0 Å². The van der Waals surface area contributed by atoms with Crippen molar-refractivity contribution in [2.24, 2.45) is 0 Å². The summed E-state index contributed by atoms with van der Waals surface area (Å²) in [4.78, 5) is 11.4. The van der Waals surface area contributed by atoms with Gasteiger partial charge in [0.15, 0.2) is 5.78 Å². The lowest BCUT2D eigenvalue weighted by Gasteiger charge is -2.38. The summed E-state index contributed by atoms with van der Waals surface area (Å²) in [5, 5.41) is 0. The quantitative estimate of drug-likeness (QED) is 0.287. The molecular weight excluding hydrogens is 308 g/mol. The molecule has 5 heteroatoms. The molecule has 0 saturated heterocycles. The third-order valence-electron chi connectivity index (χ3n) is 3.66. The Morgan fingerprint density at radius 1 is 0.833 bits per heavy atom. The van der Waals surface area contributed by atoms with Crippen molar-refractivity contribution in [1.82, 2.24) is 0 Å². The van der Waals surface area contributed by atoms with E-state index in [1.54, 1.807) is 0 Å². The number of ether oxygens (including phenoxy) is 4. The molecule has 0 saturated carbocycles. The lowest BCUT2D eigenvalue weighted by Crippen LogP contribution is -2.52. The molecule has 1 atom stereocenters. The highest BCUT2D eigenvalue weighted by Gasteiger charge is 2.43. The maximum atomic E-state index is 11.4. The van der Waals surface area contributed by atoms with Crippen molar-refractivity contribution in [3.8, 4) is 0 Å². The normalized spacial score (nSPS) is 13.2. The van der Waals surface area contributed by atoms with Crippen LogP contribution < -0.4 is 0 Å². The predicted octanol–water partition coefficient (Wildman–Crippen LogP) is 4.47. The van der Waals surface area contributed by atoms with Crippen molar-refractivity contribution in [2.75, 3.05) is 26.4 Å². The van der Waals surface area contributed by atoms with E-state index in [2.05, 4.69) is 20.8 Å². The van der Waals surface area contributed by atoms with Crippen LogP contribution in [0.3, 0.4) is 0 Å². The molecule has 0 aliphatic heterocycles. The molecule has 5 nitrogen and oxygen atoms in total. The van der Waals surface area contributed by atoms with E-state index in [0.717, 1.165) is 38.5 Å². The molecular formula is C19H38O5. The first-order valence-electron chi connectivity index (χ1n) is 9.59. The first-order valence-corrected chi connectivity index (χ1v) is 9.59. The van der Waals surface area contributed by atoms with Gasteiger partial charge in [0.25, 0.3) is 0 Å². The number of Topliss-reactive ketones (excluding diaryl/α,β-unsaturated/α-hetero) is 1. The molecule has 0 heterocycles. The van der Waals surface area contributed by atoms with Crippen LogP contribution in [0, 0.1) is 0 Å². The molecule has 0 spiro atoms. The van der Waals surface area contributed by atoms with Gasteiger partial charge in [0.05, 0.1) is 13.2 Å². The highest BCUT2D eigenvalue weighted by Crippen LogP contribution is 2.27. The molecule has 24 heavy (non-hydrogen) atoms. The van der Waals surface area contributed by atoms with E-state index >= 15 is 0 Å². The van der Waals surface area contributed by atoms with E-state index in [4.69, 9.17) is 18.9 Å². The smallest absolute Gasteiger partial charge is 0.311 e. The molecule has 0 aliphatic rings. The predicted molar refractivity (Wildman–Crippen MR) is 96.0 cm³/mol. The number of hydrogen-bond donors (Lipinski definition) is 0. The van der Waals surface area contributed by atoms with E-state index in [1.165, 1.54) is 6.92 Å². The lowest BCUT2D eigenvalue weighted by molar-refractivity contribution is -0.415. The van der Waals surface area contributed by atoms with Crippen molar-refractivity contribution < 1.29 is 23.7 Å². The zero-order valence-corrected chi connectivity index (χ0v) is 16.4. The minimum absolute atomic E-state index is 0.0358. The third-order valence-corrected chi connectivity index (χ3v) is 3.66. The lowest BCUT2D eigenvalue weighted by atomic mass is 10.2. The zero-order valence-electron chi connectivity index (χ0n) is 16.4. The van der Waals surface area contributed by atoms with Gasteiger partial charge in [-0.25, -0.2) is 0 Å². The molecule has 0 aromatic carbocycles. The fourth-order valence-electron chi connectivity index (χ4n) is 2.16. The van der Waals surface area contributed by atoms with Crippen molar-refractivity contribution >= 4 is 5.78 Å². The second kappa shape index (κ2) is 14.8. The van der Waals surface area contributed by atoms with Gasteiger partial charge >= 0.3 is 5.97 Å². The molecule has 0 aliphatic carbocycles. The largest absolute Gasteiger partial charge is 0.370 e. The molecule has 0 fully saturated rings. The number of unbranched alkanes of at least 4 members (excludes halogenated alkanes) is 3. The second-order valence-corrected chi connectivity index (χ2v) is 6.12. The Morgan fingerprint density at radius 3 is 1.75 bits per heavy atom. The van der Waals surface area contributed by atoms with Gasteiger partial charge in [-0.2, -0.15) is 0 Å². The van der Waals surface area contributed by atoms with Crippen LogP contribution in [-0.4, -0.2) is 44.3 Å². The van der Waals surface area contributed by atoms with E-state index in [9.17, 15) is 4.79 Å². The Labute approximate surface area is 148 Å². The first-order chi connectivity index (χ1) is 11.6. The summed E-state index contributed by atoms with van der Waals surface area (Å²) in [5.74, 6) is -1.35. The average Bonchev–Trinajstić information content (AvgIpc) is 2.57. The molecule has 0 rings (SSSR count). The summed E-state index contributed by atoms with van der Waals surface area (Å²) in [5.41, 5.74) is 0. The minimum atomic E-state index is -1.29. The maximum Gasteiger partial charge on any atom is 0.311 e. The van der Waals surface area contributed by atoms with Crippen LogP contribution >= 0.6 is 0 Å². The Hall–Kier alpha value is -0.490. The Kier molecular flexibility index (Phi) is 14.5. The maximum absolute atomic E-state index is 11.4. The van der Waals surface area contributed by atoms with Gasteiger partial charge in [0, 0.05) is 6.61 Å². The minimum Gasteiger partial charge on any atom is -0.370 e. The van der Waals surface area contributed by atoms with Crippen LogP contribution in [0.25, 0.3) is 0 Å². The average molecular weight is 347 g/mol. The number of ketones is 1. The van der Waals surface area contributed by atoms with Gasteiger partial charge in [0.1, 0.15) is 12.7 Å². The van der Waals surface area contributed by atoms with Crippen molar-refractivity contribution in [3.63, 3.8) is 0 Å².